The smallest absolute Gasteiger partial charge is 0.345 e. The molecule has 1 rings (SSSR count). The van der Waals surface area contributed by atoms with Crippen LogP contribution in [0, 0.1) is 0 Å². The Morgan fingerprint density at radius 2 is 2.05 bits per heavy atom. The number of carboxylic acids is 1. The molecule has 6 nitrogen and oxygen atoms in total. The number of carbonyl (C=O) groups is 2. The number of esters is 1. The second-order valence-electron chi connectivity index (χ2n) is 4.17. The van der Waals surface area contributed by atoms with Crippen LogP contribution in [0.25, 0.3) is 0 Å². The number of anilines is 1. The van der Waals surface area contributed by atoms with Crippen molar-refractivity contribution < 1.29 is 24.2 Å². The van der Waals surface area contributed by atoms with Gasteiger partial charge in [0, 0.05) is 5.69 Å². The molecular formula is C14H19NO5. The van der Waals surface area contributed by atoms with Gasteiger partial charge in [0.2, 0.25) is 0 Å². The number of nitrogens with two attached hydrogens (primary N) is 1. The minimum absolute atomic E-state index is 0.0664. The zero-order chi connectivity index (χ0) is 15.1. The van der Waals surface area contributed by atoms with E-state index in [1.807, 2.05) is 6.92 Å². The van der Waals surface area contributed by atoms with Gasteiger partial charge in [0.1, 0.15) is 11.3 Å². The Labute approximate surface area is 117 Å². The fourth-order valence-corrected chi connectivity index (χ4v) is 1.73. The summed E-state index contributed by atoms with van der Waals surface area (Å²) < 4.78 is 10.3. The molecule has 0 aliphatic carbocycles. The number of rotatable bonds is 7. The number of hydrogen-bond acceptors (Lipinski definition) is 5. The van der Waals surface area contributed by atoms with Crippen molar-refractivity contribution in [2.75, 3.05) is 12.3 Å². The third kappa shape index (κ3) is 3.88. The van der Waals surface area contributed by atoms with E-state index in [1.54, 1.807) is 19.1 Å². The first-order chi connectivity index (χ1) is 9.51. The molecule has 1 unspecified atom stereocenters. The fraction of sp³-hybridized carbons (Fsp3) is 0.429. The summed E-state index contributed by atoms with van der Waals surface area (Å²) in [5, 5.41) is 9.00. The number of ether oxygens (including phenoxy) is 2. The van der Waals surface area contributed by atoms with Gasteiger partial charge >= 0.3 is 11.9 Å². The molecule has 0 aliphatic heterocycles. The van der Waals surface area contributed by atoms with Crippen molar-refractivity contribution in [1.29, 1.82) is 0 Å². The quantitative estimate of drug-likeness (QED) is 0.586. The number of hydrogen-bond donors (Lipinski definition) is 2. The van der Waals surface area contributed by atoms with Gasteiger partial charge in [0.15, 0.2) is 6.10 Å². The first kappa shape index (κ1) is 15.8. The van der Waals surface area contributed by atoms with Crippen LogP contribution < -0.4 is 10.5 Å². The summed E-state index contributed by atoms with van der Waals surface area (Å²) in [5.41, 5.74) is 6.01. The van der Waals surface area contributed by atoms with Gasteiger partial charge in [-0.3, -0.25) is 0 Å². The van der Waals surface area contributed by atoms with Crippen LogP contribution in [0.5, 0.6) is 5.75 Å². The Morgan fingerprint density at radius 3 is 2.60 bits per heavy atom. The Bertz CT molecular complexity index is 486. The van der Waals surface area contributed by atoms with Crippen molar-refractivity contribution in [2.45, 2.75) is 32.8 Å². The number of nitrogen functional groups attached to an aromatic ring is 1. The van der Waals surface area contributed by atoms with E-state index in [2.05, 4.69) is 0 Å². The molecule has 0 amide bonds. The van der Waals surface area contributed by atoms with Gasteiger partial charge in [-0.15, -0.1) is 0 Å². The zero-order valence-electron chi connectivity index (χ0n) is 11.6. The molecule has 0 aliphatic rings. The fourth-order valence-electron chi connectivity index (χ4n) is 1.73. The predicted molar refractivity (Wildman–Crippen MR) is 73.8 cm³/mol. The van der Waals surface area contributed by atoms with Gasteiger partial charge in [-0.25, -0.2) is 9.59 Å². The van der Waals surface area contributed by atoms with Gasteiger partial charge in [0.25, 0.3) is 0 Å². The Morgan fingerprint density at radius 1 is 1.35 bits per heavy atom. The minimum Gasteiger partial charge on any atom is -0.493 e. The van der Waals surface area contributed by atoms with Gasteiger partial charge < -0.3 is 20.3 Å². The lowest BCUT2D eigenvalue weighted by Gasteiger charge is -2.16. The molecule has 0 saturated heterocycles. The van der Waals surface area contributed by atoms with Crippen molar-refractivity contribution in [3.63, 3.8) is 0 Å². The van der Waals surface area contributed by atoms with Crippen LogP contribution in [0.2, 0.25) is 0 Å². The average molecular weight is 281 g/mol. The molecular weight excluding hydrogens is 262 g/mol. The number of benzene rings is 1. The van der Waals surface area contributed by atoms with Gasteiger partial charge in [-0.05, 0) is 25.5 Å². The zero-order valence-corrected chi connectivity index (χ0v) is 11.6. The molecule has 3 N–H and O–H groups in total. The number of aliphatic carboxylic acids is 1. The van der Waals surface area contributed by atoms with Crippen LogP contribution in [0.3, 0.4) is 0 Å². The van der Waals surface area contributed by atoms with Crippen molar-refractivity contribution in [3.05, 3.63) is 23.8 Å². The van der Waals surface area contributed by atoms with Crippen LogP contribution in [0.15, 0.2) is 18.2 Å². The number of carboxylic acid groups (broad SMARTS) is 1. The lowest BCUT2D eigenvalue weighted by Crippen LogP contribution is -2.27. The van der Waals surface area contributed by atoms with Gasteiger partial charge in [-0.1, -0.05) is 19.4 Å². The highest BCUT2D eigenvalue weighted by molar-refractivity contribution is 5.99. The maximum absolute atomic E-state index is 12.1. The Hall–Kier alpha value is -2.24. The lowest BCUT2D eigenvalue weighted by atomic mass is 10.1. The summed E-state index contributed by atoms with van der Waals surface area (Å²) >= 11 is 0. The average Bonchev–Trinajstić information content (AvgIpc) is 2.38. The highest BCUT2D eigenvalue weighted by atomic mass is 16.6. The van der Waals surface area contributed by atoms with E-state index in [4.69, 9.17) is 20.3 Å². The van der Waals surface area contributed by atoms with Crippen molar-refractivity contribution in [3.8, 4) is 5.75 Å². The van der Waals surface area contributed by atoms with E-state index in [0.29, 0.717) is 13.0 Å². The van der Waals surface area contributed by atoms with Crippen molar-refractivity contribution >= 4 is 17.6 Å². The molecule has 6 heteroatoms. The Kier molecular flexibility index (Phi) is 5.83. The van der Waals surface area contributed by atoms with E-state index in [-0.39, 0.29) is 23.4 Å². The largest absolute Gasteiger partial charge is 0.493 e. The van der Waals surface area contributed by atoms with Crippen molar-refractivity contribution in [1.82, 2.24) is 0 Å². The van der Waals surface area contributed by atoms with Crippen LogP contribution >= 0.6 is 0 Å². The van der Waals surface area contributed by atoms with Crippen LogP contribution in [0.1, 0.15) is 37.0 Å². The molecule has 0 heterocycles. The summed E-state index contributed by atoms with van der Waals surface area (Å²) in [6.45, 7) is 3.95. The summed E-state index contributed by atoms with van der Waals surface area (Å²) in [7, 11) is 0. The summed E-state index contributed by atoms with van der Waals surface area (Å²) in [6, 6.07) is 4.78. The molecule has 0 bridgehead atoms. The molecule has 0 saturated carbocycles. The first-order valence-electron chi connectivity index (χ1n) is 6.46. The summed E-state index contributed by atoms with van der Waals surface area (Å²) in [4.78, 5) is 23.1. The lowest BCUT2D eigenvalue weighted by molar-refractivity contribution is -0.147. The molecule has 0 radical (unpaired) electrons. The summed E-state index contributed by atoms with van der Waals surface area (Å²) in [6.07, 6.45) is -0.341. The topological polar surface area (TPSA) is 98.9 Å². The normalized spacial score (nSPS) is 11.7. The maximum atomic E-state index is 12.1. The second-order valence-corrected chi connectivity index (χ2v) is 4.17. The molecule has 0 aromatic heterocycles. The van der Waals surface area contributed by atoms with Crippen LogP contribution in [0.4, 0.5) is 5.69 Å². The van der Waals surface area contributed by atoms with E-state index >= 15 is 0 Å². The summed E-state index contributed by atoms with van der Waals surface area (Å²) in [5.74, 6) is -1.67. The standard InChI is InChI=1S/C14H19NO5/c1-3-6-11(13(16)17)20-14(18)12-9(15)7-5-8-10(12)19-4-2/h5,7-8,11H,3-4,6,15H2,1-2H3,(H,16,17). The first-order valence-corrected chi connectivity index (χ1v) is 6.46. The molecule has 1 aromatic carbocycles. The molecule has 20 heavy (non-hydrogen) atoms. The van der Waals surface area contributed by atoms with E-state index < -0.39 is 18.0 Å². The number of carbonyl (C=O) groups excluding carboxylic acids is 1. The third-order valence-corrected chi connectivity index (χ3v) is 2.64. The molecule has 0 fully saturated rings. The van der Waals surface area contributed by atoms with E-state index in [9.17, 15) is 9.59 Å². The highest BCUT2D eigenvalue weighted by Gasteiger charge is 2.25. The molecule has 1 atom stereocenters. The molecule has 110 valence electrons. The minimum atomic E-state index is -1.18. The maximum Gasteiger partial charge on any atom is 0.345 e. The SMILES string of the molecule is CCCC(OC(=O)c1c(N)cccc1OCC)C(=O)O. The van der Waals surface area contributed by atoms with Crippen molar-refractivity contribution in [2.24, 2.45) is 0 Å². The molecule has 0 spiro atoms. The predicted octanol–water partition coefficient (Wildman–Crippen LogP) is 2.08. The van der Waals surface area contributed by atoms with E-state index in [0.717, 1.165) is 0 Å². The second kappa shape index (κ2) is 7.37. The Balaban J connectivity index is 2.99. The monoisotopic (exact) mass is 281 g/mol. The van der Waals surface area contributed by atoms with Crippen LogP contribution in [-0.4, -0.2) is 29.8 Å². The van der Waals surface area contributed by atoms with Crippen LogP contribution in [-0.2, 0) is 9.53 Å². The third-order valence-electron chi connectivity index (χ3n) is 2.64. The molecule has 1 aromatic rings. The van der Waals surface area contributed by atoms with Gasteiger partial charge in [-0.2, -0.15) is 0 Å². The van der Waals surface area contributed by atoms with E-state index in [1.165, 1.54) is 6.07 Å². The highest BCUT2D eigenvalue weighted by Crippen LogP contribution is 2.26. The van der Waals surface area contributed by atoms with Gasteiger partial charge in [0.05, 0.1) is 6.61 Å².